The predicted octanol–water partition coefficient (Wildman–Crippen LogP) is 12.0. The maximum absolute atomic E-state index is 12.4. The lowest BCUT2D eigenvalue weighted by Gasteiger charge is -2.15. The average Bonchev–Trinajstić information content (AvgIpc) is 4.05. The second-order valence-corrected chi connectivity index (χ2v) is 20.8. The van der Waals surface area contributed by atoms with E-state index in [1.807, 2.05) is 103 Å². The van der Waals surface area contributed by atoms with Crippen molar-refractivity contribution in [2.45, 2.75) is 130 Å². The molecule has 0 atom stereocenters. The smallest absolute Gasteiger partial charge is 0.410 e. The number of nitrogens with zero attached hydrogens (tertiary/aromatic N) is 4. The van der Waals surface area contributed by atoms with Crippen molar-refractivity contribution in [1.82, 2.24) is 24.3 Å². The zero-order valence-corrected chi connectivity index (χ0v) is 45.7. The van der Waals surface area contributed by atoms with E-state index in [1.165, 1.54) is 16.8 Å². The van der Waals surface area contributed by atoms with E-state index in [1.54, 1.807) is 41.3 Å². The van der Waals surface area contributed by atoms with Crippen LogP contribution in [0.5, 0.6) is 5.75 Å². The number of nitrogens with two attached hydrogens (primary N) is 2. The number of rotatable bonds is 14. The van der Waals surface area contributed by atoms with Gasteiger partial charge in [0.15, 0.2) is 10.1 Å². The van der Waals surface area contributed by atoms with Crippen LogP contribution in [0.2, 0.25) is 15.1 Å². The molecule has 3 amide bonds. The minimum absolute atomic E-state index is 0.0149. The van der Waals surface area contributed by atoms with Crippen LogP contribution in [-0.2, 0) is 58.6 Å². The molecule has 2 aromatic heterocycles. The van der Waals surface area contributed by atoms with Crippen molar-refractivity contribution >= 4 is 84.0 Å². The van der Waals surface area contributed by atoms with Crippen LogP contribution in [0.1, 0.15) is 115 Å². The average molecular weight is 1080 g/mol. The number of nitrogen functional groups attached to an aromatic ring is 1. The number of halogens is 3. The molecule has 71 heavy (non-hydrogen) atoms. The lowest BCUT2D eigenvalue weighted by molar-refractivity contribution is 0.215. The number of ether oxygens (including phenoxy) is 1. The van der Waals surface area contributed by atoms with Gasteiger partial charge in [0, 0.05) is 50.9 Å². The monoisotopic (exact) mass is 1070 g/mol. The largest absolute Gasteiger partial charge is 0.417 e. The fourth-order valence-electron chi connectivity index (χ4n) is 6.76. The first-order chi connectivity index (χ1) is 33.4. The number of hydrogen-bond acceptors (Lipinski definition) is 10. The van der Waals surface area contributed by atoms with Crippen molar-refractivity contribution in [2.24, 2.45) is 5.14 Å². The molecule has 16 nitrogen and oxygen atoms in total. The van der Waals surface area contributed by atoms with Gasteiger partial charge in [-0.05, 0) is 160 Å². The van der Waals surface area contributed by atoms with E-state index in [0.29, 0.717) is 34.3 Å². The number of carbonyl (C=O) groups excluding carboxylic acids is 2. The summed E-state index contributed by atoms with van der Waals surface area (Å²) in [6.07, 6.45) is 7.41. The maximum atomic E-state index is 12.4. The van der Waals surface area contributed by atoms with Crippen LogP contribution >= 0.6 is 34.8 Å². The van der Waals surface area contributed by atoms with Gasteiger partial charge in [-0.3, -0.25) is 14.7 Å². The highest BCUT2D eigenvalue weighted by atomic mass is 35.5. The van der Waals surface area contributed by atoms with E-state index >= 15 is 0 Å². The number of aryl methyl sites for hydroxylation is 6. The summed E-state index contributed by atoms with van der Waals surface area (Å²) >= 11 is 18.1. The Kier molecular flexibility index (Phi) is 23.4. The summed E-state index contributed by atoms with van der Waals surface area (Å²) in [7, 11) is -7.71. The van der Waals surface area contributed by atoms with Crippen molar-refractivity contribution in [1.29, 1.82) is 0 Å². The molecule has 0 aliphatic carbocycles. The van der Waals surface area contributed by atoms with E-state index in [4.69, 9.17) is 50.4 Å². The van der Waals surface area contributed by atoms with Crippen molar-refractivity contribution in [2.75, 3.05) is 16.4 Å². The third-order valence-corrected chi connectivity index (χ3v) is 13.3. The Morgan fingerprint density at radius 1 is 0.592 bits per heavy atom. The quantitative estimate of drug-likeness (QED) is 0.0647. The number of aromatic nitrogens is 4. The number of sulfonamides is 2. The summed E-state index contributed by atoms with van der Waals surface area (Å²) in [5, 5.41) is 19.9. The SMILES string of the molecule is CC(C)n1ccc(S(N)(=O)=O)n1.CCc1cc(Cl)cc(CC)c1N.CCc1cc(Cl)cc(CC)c1NC(=O)NS(=O)(=O)c1ccn(C(C)C)n1.CCc1cc(Cl)cc(CC)c1NC(=O)Oc1ccccc1. The number of carbonyl (C=O) groups is 2. The maximum Gasteiger partial charge on any atom is 0.417 e. The summed E-state index contributed by atoms with van der Waals surface area (Å²) in [6.45, 7) is 19.7. The molecule has 386 valence electrons. The van der Waals surface area contributed by atoms with Gasteiger partial charge in [-0.15, -0.1) is 0 Å². The second kappa shape index (κ2) is 27.8. The van der Waals surface area contributed by atoms with E-state index in [0.717, 1.165) is 75.5 Å². The first-order valence-electron chi connectivity index (χ1n) is 23.1. The van der Waals surface area contributed by atoms with Gasteiger partial charge < -0.3 is 15.8 Å². The van der Waals surface area contributed by atoms with E-state index in [2.05, 4.69) is 34.7 Å². The summed E-state index contributed by atoms with van der Waals surface area (Å²) in [5.74, 6) is 0.514. The molecule has 0 saturated carbocycles. The second-order valence-electron chi connectivity index (χ2n) is 16.3. The first-order valence-corrected chi connectivity index (χ1v) is 27.3. The van der Waals surface area contributed by atoms with Gasteiger partial charge in [0.2, 0.25) is 0 Å². The highest BCUT2D eigenvalue weighted by Crippen LogP contribution is 2.29. The standard InChI is InChI=1S/C17H23ClN4O3S.C17H18ClNO2.C10H14ClN.C6H11N3O2S/c1-5-12-9-14(18)10-13(6-2)16(12)19-17(23)21-26(24,25)15-7-8-22(20-15)11(3)4;1-3-12-10-14(18)11-13(4-2)16(12)19-17(20)21-15-8-6-5-7-9-15;1-3-7-5-9(11)6-8(4-2)10(7)12;1-5(2)9-4-3-6(8-9)12(7,10)11/h7-11H,5-6H2,1-4H3,(H2,19,21,23);5-11H,3-4H2,1-2H3,(H,19,20);5-6H,3-4,12H2,1-2H3;3-5H,1-2H3,(H2,7,10,11). The van der Waals surface area contributed by atoms with E-state index < -0.39 is 32.2 Å². The topological polar surface area (TPSA) is 235 Å². The van der Waals surface area contributed by atoms with Crippen LogP contribution in [0.4, 0.5) is 26.7 Å². The predicted molar refractivity (Wildman–Crippen MR) is 287 cm³/mol. The molecule has 0 aliphatic heterocycles. The van der Waals surface area contributed by atoms with Crippen LogP contribution in [-0.4, -0.2) is 48.5 Å². The van der Waals surface area contributed by atoms with Crippen LogP contribution in [0.15, 0.2) is 101 Å². The molecule has 7 N–H and O–H groups in total. The highest BCUT2D eigenvalue weighted by molar-refractivity contribution is 7.90. The van der Waals surface area contributed by atoms with Crippen LogP contribution in [0.3, 0.4) is 0 Å². The minimum atomic E-state index is -4.06. The van der Waals surface area contributed by atoms with Crippen molar-refractivity contribution in [3.63, 3.8) is 0 Å². The van der Waals surface area contributed by atoms with Gasteiger partial charge in [0.25, 0.3) is 20.0 Å². The number of nitrogens with one attached hydrogen (secondary N) is 3. The Bertz CT molecular complexity index is 2870. The van der Waals surface area contributed by atoms with E-state index in [-0.39, 0.29) is 22.1 Å². The van der Waals surface area contributed by atoms with Crippen molar-refractivity contribution in [3.05, 3.63) is 140 Å². The van der Waals surface area contributed by atoms with Crippen LogP contribution in [0.25, 0.3) is 0 Å². The van der Waals surface area contributed by atoms with Crippen LogP contribution < -0.4 is 31.0 Å². The molecule has 0 unspecified atom stereocenters. The zero-order valence-electron chi connectivity index (χ0n) is 41.8. The minimum Gasteiger partial charge on any atom is -0.410 e. The number of anilines is 3. The van der Waals surface area contributed by atoms with Gasteiger partial charge in [0.05, 0.1) is 5.69 Å². The summed E-state index contributed by atoms with van der Waals surface area (Å²) in [6, 6.07) is 22.2. The number of hydrogen-bond donors (Lipinski definition) is 5. The van der Waals surface area contributed by atoms with E-state index in [9.17, 15) is 26.4 Å². The van der Waals surface area contributed by atoms with Crippen molar-refractivity contribution < 1.29 is 31.2 Å². The molecular formula is C50H66Cl3N9O7S2. The van der Waals surface area contributed by atoms with Gasteiger partial charge >= 0.3 is 12.1 Å². The molecule has 6 rings (SSSR count). The fourth-order valence-corrected chi connectivity index (χ4v) is 8.85. The first kappa shape index (κ1) is 59.7. The molecule has 0 aliphatic rings. The Balaban J connectivity index is 0.000000264. The fraction of sp³-hybridized carbons (Fsp3) is 0.360. The van der Waals surface area contributed by atoms with Gasteiger partial charge in [-0.1, -0.05) is 94.5 Å². The van der Waals surface area contributed by atoms with Gasteiger partial charge in [-0.2, -0.15) is 18.6 Å². The summed E-state index contributed by atoms with van der Waals surface area (Å²) in [5.41, 5.74) is 14.2. The third-order valence-electron chi connectivity index (χ3n) is 10.6. The number of para-hydroxylation sites is 1. The van der Waals surface area contributed by atoms with Gasteiger partial charge in [-0.25, -0.2) is 27.9 Å². The Morgan fingerprint density at radius 2 is 0.958 bits per heavy atom. The van der Waals surface area contributed by atoms with Crippen LogP contribution in [0, 0.1) is 0 Å². The lowest BCUT2D eigenvalue weighted by atomic mass is 10.0. The van der Waals surface area contributed by atoms with Crippen molar-refractivity contribution in [3.8, 4) is 5.75 Å². The number of amides is 3. The molecule has 6 aromatic rings. The summed E-state index contributed by atoms with van der Waals surface area (Å²) < 4.78 is 56.6. The molecular weight excluding hydrogens is 1010 g/mol. The number of urea groups is 1. The molecule has 2 heterocycles. The number of primary sulfonamides is 1. The molecule has 0 bridgehead atoms. The highest BCUT2D eigenvalue weighted by Gasteiger charge is 2.23. The Labute approximate surface area is 433 Å². The summed E-state index contributed by atoms with van der Waals surface area (Å²) in [4.78, 5) is 24.3. The molecule has 0 radical (unpaired) electrons. The zero-order chi connectivity index (χ0) is 53.2. The molecule has 0 fully saturated rings. The van der Waals surface area contributed by atoms with Gasteiger partial charge in [0.1, 0.15) is 5.75 Å². The molecule has 4 aromatic carbocycles. The molecule has 0 spiro atoms. The lowest BCUT2D eigenvalue weighted by Crippen LogP contribution is -2.35. The Hall–Kier alpha value is -5.63. The normalized spacial score (nSPS) is 11.1. The molecule has 21 heteroatoms. The number of benzene rings is 4. The molecule has 0 saturated heterocycles. The Morgan fingerprint density at radius 3 is 1.31 bits per heavy atom. The third kappa shape index (κ3) is 18.2.